The molecule has 28 heavy (non-hydrogen) atoms. The van der Waals surface area contributed by atoms with Crippen molar-refractivity contribution in [2.45, 2.75) is 46.3 Å². The van der Waals surface area contributed by atoms with Gasteiger partial charge < -0.3 is 14.4 Å². The van der Waals surface area contributed by atoms with Crippen LogP contribution in [-0.2, 0) is 22.4 Å². The van der Waals surface area contributed by atoms with Crippen molar-refractivity contribution in [3.05, 3.63) is 47.3 Å². The van der Waals surface area contributed by atoms with Crippen LogP contribution in [0.2, 0.25) is 0 Å². The van der Waals surface area contributed by atoms with Gasteiger partial charge in [-0.25, -0.2) is 14.6 Å². The normalized spacial score (nSPS) is 13.6. The third-order valence-corrected chi connectivity index (χ3v) is 4.23. The first-order valence-corrected chi connectivity index (χ1v) is 9.37. The van der Waals surface area contributed by atoms with Crippen LogP contribution in [-0.4, -0.2) is 45.7 Å². The predicted octanol–water partition coefficient (Wildman–Crippen LogP) is 3.61. The second-order valence-corrected chi connectivity index (χ2v) is 7.58. The van der Waals surface area contributed by atoms with E-state index < -0.39 is 11.6 Å². The number of aromatic nitrogens is 2. The summed E-state index contributed by atoms with van der Waals surface area (Å²) in [6.07, 6.45) is 1.87. The molecule has 0 saturated heterocycles. The van der Waals surface area contributed by atoms with Gasteiger partial charge in [0.1, 0.15) is 11.3 Å². The molecule has 0 bridgehead atoms. The van der Waals surface area contributed by atoms with Crippen molar-refractivity contribution in [1.82, 2.24) is 14.9 Å². The number of esters is 1. The maximum absolute atomic E-state index is 12.5. The summed E-state index contributed by atoms with van der Waals surface area (Å²) in [5.74, 6) is -0.451. The number of amides is 1. The van der Waals surface area contributed by atoms with Crippen LogP contribution < -0.4 is 0 Å². The molecule has 148 valence electrons. The number of pyridine rings is 2. The van der Waals surface area contributed by atoms with Crippen LogP contribution in [0.4, 0.5) is 4.79 Å². The minimum Gasteiger partial charge on any atom is -0.462 e. The summed E-state index contributed by atoms with van der Waals surface area (Å²) in [6, 6.07) is 7.24. The summed E-state index contributed by atoms with van der Waals surface area (Å²) >= 11 is 0. The highest BCUT2D eigenvalue weighted by atomic mass is 16.6. The summed E-state index contributed by atoms with van der Waals surface area (Å²) in [5, 5.41) is 0. The van der Waals surface area contributed by atoms with E-state index in [2.05, 4.69) is 4.98 Å². The summed E-state index contributed by atoms with van der Waals surface area (Å²) in [5.41, 5.74) is 2.58. The van der Waals surface area contributed by atoms with Crippen LogP contribution in [0.25, 0.3) is 11.4 Å². The van der Waals surface area contributed by atoms with Crippen molar-refractivity contribution in [3.8, 4) is 11.4 Å². The van der Waals surface area contributed by atoms with E-state index in [1.165, 1.54) is 0 Å². The van der Waals surface area contributed by atoms with Crippen molar-refractivity contribution < 1.29 is 19.1 Å². The van der Waals surface area contributed by atoms with Gasteiger partial charge in [0.05, 0.1) is 24.4 Å². The highest BCUT2D eigenvalue weighted by molar-refractivity contribution is 5.96. The molecule has 0 atom stereocenters. The minimum absolute atomic E-state index is 0.265. The molecule has 1 amide bonds. The number of ether oxygens (including phenoxy) is 2. The summed E-state index contributed by atoms with van der Waals surface area (Å²) < 4.78 is 10.7. The Morgan fingerprint density at radius 1 is 1.25 bits per heavy atom. The highest BCUT2D eigenvalue weighted by Gasteiger charge is 2.28. The molecule has 1 aliphatic rings. The molecule has 7 nitrogen and oxygen atoms in total. The third kappa shape index (κ3) is 4.47. The molecule has 0 fully saturated rings. The lowest BCUT2D eigenvalue weighted by molar-refractivity contribution is 0.0223. The van der Waals surface area contributed by atoms with Crippen LogP contribution in [0.15, 0.2) is 30.5 Å². The number of carbonyl (C=O) groups excluding carboxylic acids is 2. The molecule has 3 rings (SSSR count). The summed E-state index contributed by atoms with van der Waals surface area (Å²) in [7, 11) is 0. The fourth-order valence-electron chi connectivity index (χ4n) is 3.02. The molecule has 0 spiro atoms. The van der Waals surface area contributed by atoms with Gasteiger partial charge in [-0.1, -0.05) is 6.07 Å². The van der Waals surface area contributed by atoms with E-state index in [0.717, 1.165) is 11.3 Å². The largest absolute Gasteiger partial charge is 0.462 e. The molecular weight excluding hydrogens is 358 g/mol. The molecule has 0 radical (unpaired) electrons. The molecule has 2 aromatic rings. The van der Waals surface area contributed by atoms with Gasteiger partial charge in [0.15, 0.2) is 0 Å². The Balaban J connectivity index is 1.96. The van der Waals surface area contributed by atoms with Gasteiger partial charge in [-0.15, -0.1) is 0 Å². The van der Waals surface area contributed by atoms with Crippen molar-refractivity contribution in [3.63, 3.8) is 0 Å². The van der Waals surface area contributed by atoms with E-state index in [1.54, 1.807) is 24.1 Å². The Labute approximate surface area is 164 Å². The number of rotatable bonds is 3. The summed E-state index contributed by atoms with van der Waals surface area (Å²) in [4.78, 5) is 35.6. The van der Waals surface area contributed by atoms with E-state index >= 15 is 0 Å². The minimum atomic E-state index is -0.561. The Bertz CT molecular complexity index is 875. The number of carbonyl (C=O) groups is 2. The third-order valence-electron chi connectivity index (χ3n) is 4.23. The van der Waals surface area contributed by atoms with E-state index in [-0.39, 0.29) is 12.7 Å². The molecule has 0 N–H and O–H groups in total. The Kier molecular flexibility index (Phi) is 5.63. The first-order chi connectivity index (χ1) is 13.3. The van der Waals surface area contributed by atoms with Gasteiger partial charge in [-0.05, 0) is 51.5 Å². The lowest BCUT2D eigenvalue weighted by Gasteiger charge is -2.31. The maximum atomic E-state index is 12.5. The molecular formula is C21H25N3O4. The topological polar surface area (TPSA) is 81.6 Å². The Hall–Kier alpha value is -2.96. The number of nitrogens with zero attached hydrogens (tertiary/aromatic N) is 3. The van der Waals surface area contributed by atoms with Gasteiger partial charge >= 0.3 is 12.1 Å². The smallest absolute Gasteiger partial charge is 0.410 e. The first kappa shape index (κ1) is 19.8. The van der Waals surface area contributed by atoms with Crippen LogP contribution in [0.3, 0.4) is 0 Å². The molecule has 1 aliphatic heterocycles. The van der Waals surface area contributed by atoms with Crippen LogP contribution in [0.1, 0.15) is 49.3 Å². The van der Waals surface area contributed by atoms with Crippen molar-refractivity contribution in [2.24, 2.45) is 0 Å². The Morgan fingerprint density at radius 2 is 2.04 bits per heavy atom. The van der Waals surface area contributed by atoms with Crippen LogP contribution in [0, 0.1) is 0 Å². The average Bonchev–Trinajstić information content (AvgIpc) is 2.66. The zero-order valence-corrected chi connectivity index (χ0v) is 16.7. The van der Waals surface area contributed by atoms with E-state index in [9.17, 15) is 9.59 Å². The van der Waals surface area contributed by atoms with Gasteiger partial charge in [0, 0.05) is 24.9 Å². The maximum Gasteiger partial charge on any atom is 0.410 e. The molecule has 7 heteroatoms. The molecule has 2 aromatic heterocycles. The summed E-state index contributed by atoms with van der Waals surface area (Å²) in [6.45, 7) is 8.38. The second kappa shape index (κ2) is 7.96. The SMILES string of the molecule is CCOC(=O)c1cc2c(nc1-c1ccccn1)CCN(C(=O)OC(C)(C)C)C2. The van der Waals surface area contributed by atoms with Crippen molar-refractivity contribution in [1.29, 1.82) is 0 Å². The predicted molar refractivity (Wildman–Crippen MR) is 104 cm³/mol. The lowest BCUT2D eigenvalue weighted by atomic mass is 10.0. The average molecular weight is 383 g/mol. The van der Waals surface area contributed by atoms with Gasteiger partial charge in [0.25, 0.3) is 0 Å². The Morgan fingerprint density at radius 3 is 2.68 bits per heavy atom. The molecule has 0 aliphatic carbocycles. The first-order valence-electron chi connectivity index (χ1n) is 9.37. The second-order valence-electron chi connectivity index (χ2n) is 7.58. The number of hydrogen-bond acceptors (Lipinski definition) is 6. The van der Waals surface area contributed by atoms with Gasteiger partial charge in [-0.2, -0.15) is 0 Å². The quantitative estimate of drug-likeness (QED) is 0.753. The molecule has 3 heterocycles. The molecule has 0 aromatic carbocycles. The van der Waals surface area contributed by atoms with Gasteiger partial charge in [0.2, 0.25) is 0 Å². The standard InChI is InChI=1S/C21H25N3O4/c1-5-27-19(25)15-12-14-13-24(20(26)28-21(2,3)4)11-9-16(14)23-18(15)17-8-6-7-10-22-17/h6-8,10,12H,5,9,11,13H2,1-4H3. The zero-order valence-electron chi connectivity index (χ0n) is 16.7. The fraction of sp³-hybridized carbons (Fsp3) is 0.429. The highest BCUT2D eigenvalue weighted by Crippen LogP contribution is 2.27. The van der Waals surface area contributed by atoms with Crippen molar-refractivity contribution in [2.75, 3.05) is 13.2 Å². The molecule has 0 saturated carbocycles. The number of hydrogen-bond donors (Lipinski definition) is 0. The van der Waals surface area contributed by atoms with Gasteiger partial charge in [-0.3, -0.25) is 4.98 Å². The zero-order chi connectivity index (χ0) is 20.3. The van der Waals surface area contributed by atoms with Crippen LogP contribution in [0.5, 0.6) is 0 Å². The lowest BCUT2D eigenvalue weighted by Crippen LogP contribution is -2.40. The fourth-order valence-corrected chi connectivity index (χ4v) is 3.02. The monoisotopic (exact) mass is 383 g/mol. The van der Waals surface area contributed by atoms with Crippen molar-refractivity contribution >= 4 is 12.1 Å². The van der Waals surface area contributed by atoms with E-state index in [4.69, 9.17) is 14.5 Å². The van der Waals surface area contributed by atoms with Crippen LogP contribution >= 0.6 is 0 Å². The number of fused-ring (bicyclic) bond motifs is 1. The van der Waals surface area contributed by atoms with E-state index in [0.29, 0.717) is 36.5 Å². The van der Waals surface area contributed by atoms with E-state index in [1.807, 2.05) is 39.0 Å². The molecule has 0 unspecified atom stereocenters.